The molecule has 3 aromatic rings. The van der Waals surface area contributed by atoms with Crippen LogP contribution in [0.5, 0.6) is 0 Å². The molecule has 0 radical (unpaired) electrons. The monoisotopic (exact) mass is 313 g/mol. The number of anilines is 2. The Morgan fingerprint density at radius 1 is 1.26 bits per heavy atom. The molecule has 0 spiro atoms. The van der Waals surface area contributed by atoms with Gasteiger partial charge < -0.3 is 15.1 Å². The Morgan fingerprint density at radius 3 is 2.78 bits per heavy atom. The number of hydrogen-bond acceptors (Lipinski definition) is 4. The zero-order valence-corrected chi connectivity index (χ0v) is 12.6. The highest BCUT2D eigenvalue weighted by Crippen LogP contribution is 2.26. The van der Waals surface area contributed by atoms with E-state index in [2.05, 4.69) is 15.6 Å². The quantitative estimate of drug-likeness (QED) is 0.751. The van der Waals surface area contributed by atoms with E-state index in [0.29, 0.717) is 23.6 Å². The predicted octanol–water partition coefficient (Wildman–Crippen LogP) is 3.85. The van der Waals surface area contributed by atoms with Gasteiger partial charge in [0.1, 0.15) is 22.9 Å². The van der Waals surface area contributed by atoms with E-state index in [1.807, 2.05) is 6.92 Å². The third-order valence-corrected chi connectivity index (χ3v) is 3.33. The summed E-state index contributed by atoms with van der Waals surface area (Å²) in [5.74, 6) is -0.0820. The van der Waals surface area contributed by atoms with Crippen LogP contribution >= 0.6 is 0 Å². The number of rotatable bonds is 5. The van der Waals surface area contributed by atoms with Gasteiger partial charge in [0.15, 0.2) is 0 Å². The second-order valence-electron chi connectivity index (χ2n) is 5.08. The minimum absolute atomic E-state index is 0.257. The molecular formula is C17H16FN3O2. The Balaban J connectivity index is 1.96. The fraction of sp³-hybridized carbons (Fsp3) is 0.176. The van der Waals surface area contributed by atoms with Crippen LogP contribution in [-0.2, 0) is 0 Å². The van der Waals surface area contributed by atoms with E-state index in [0.717, 1.165) is 11.8 Å². The lowest BCUT2D eigenvalue weighted by atomic mass is 10.2. The number of nitrogens with zero attached hydrogens (tertiary/aromatic N) is 1. The van der Waals surface area contributed by atoms with Crippen LogP contribution in [0.3, 0.4) is 0 Å². The summed E-state index contributed by atoms with van der Waals surface area (Å²) in [5, 5.41) is 6.63. The molecule has 1 aromatic carbocycles. The van der Waals surface area contributed by atoms with Crippen LogP contribution in [0.15, 0.2) is 47.1 Å². The Labute approximate surface area is 132 Å². The number of benzene rings is 1. The summed E-state index contributed by atoms with van der Waals surface area (Å²) in [6.45, 7) is 2.56. The summed E-state index contributed by atoms with van der Waals surface area (Å²) in [7, 11) is 0. The van der Waals surface area contributed by atoms with Crippen molar-refractivity contribution >= 4 is 28.4 Å². The van der Waals surface area contributed by atoms with Gasteiger partial charge in [-0.3, -0.25) is 4.79 Å². The van der Waals surface area contributed by atoms with E-state index >= 15 is 0 Å². The molecule has 2 heterocycles. The zero-order chi connectivity index (χ0) is 16.2. The summed E-state index contributed by atoms with van der Waals surface area (Å²) >= 11 is 0. The number of hydrogen-bond donors (Lipinski definition) is 2. The van der Waals surface area contributed by atoms with Gasteiger partial charge in [-0.25, -0.2) is 9.37 Å². The third-order valence-electron chi connectivity index (χ3n) is 3.33. The molecule has 0 aliphatic heterocycles. The molecule has 3 rings (SSSR count). The second-order valence-corrected chi connectivity index (χ2v) is 5.08. The van der Waals surface area contributed by atoms with Crippen LogP contribution in [0, 0.1) is 5.82 Å². The molecule has 2 aromatic heterocycles. The number of carbonyl (C=O) groups excluding carboxylic acids is 1. The van der Waals surface area contributed by atoms with Crippen molar-refractivity contribution in [3.8, 4) is 0 Å². The highest BCUT2D eigenvalue weighted by molar-refractivity contribution is 5.99. The highest BCUT2D eigenvalue weighted by Gasteiger charge is 2.14. The van der Waals surface area contributed by atoms with Crippen LogP contribution in [0.4, 0.5) is 15.9 Å². The first kappa shape index (κ1) is 15.0. The third kappa shape index (κ3) is 3.31. The van der Waals surface area contributed by atoms with E-state index in [9.17, 15) is 9.18 Å². The average Bonchev–Trinajstić information content (AvgIpc) is 3.03. The Kier molecular flexibility index (Phi) is 4.23. The average molecular weight is 313 g/mol. The summed E-state index contributed by atoms with van der Waals surface area (Å²) in [6, 6.07) is 9.29. The predicted molar refractivity (Wildman–Crippen MR) is 86.3 cm³/mol. The van der Waals surface area contributed by atoms with Gasteiger partial charge in [-0.05, 0) is 36.8 Å². The van der Waals surface area contributed by atoms with Crippen molar-refractivity contribution in [1.29, 1.82) is 0 Å². The number of furan rings is 1. The fourth-order valence-electron chi connectivity index (χ4n) is 2.18. The molecule has 23 heavy (non-hydrogen) atoms. The Hall–Kier alpha value is -2.89. The number of halogens is 1. The number of amides is 1. The van der Waals surface area contributed by atoms with Crippen molar-refractivity contribution in [2.75, 3.05) is 11.9 Å². The molecule has 0 saturated carbocycles. The summed E-state index contributed by atoms with van der Waals surface area (Å²) in [6.07, 6.45) is 2.38. The highest BCUT2D eigenvalue weighted by atomic mass is 19.1. The van der Waals surface area contributed by atoms with Gasteiger partial charge in [-0.1, -0.05) is 6.92 Å². The van der Waals surface area contributed by atoms with Crippen LogP contribution < -0.4 is 10.6 Å². The van der Waals surface area contributed by atoms with Gasteiger partial charge in [0.2, 0.25) is 0 Å². The largest absolute Gasteiger partial charge is 0.464 e. The van der Waals surface area contributed by atoms with E-state index < -0.39 is 0 Å². The lowest BCUT2D eigenvalue weighted by molar-refractivity contribution is 0.0949. The molecule has 0 aliphatic carbocycles. The smallest absolute Gasteiger partial charge is 0.270 e. The molecule has 1 amide bonds. The zero-order valence-electron chi connectivity index (χ0n) is 12.6. The minimum Gasteiger partial charge on any atom is -0.464 e. The number of nitrogens with one attached hydrogen (secondary N) is 2. The van der Waals surface area contributed by atoms with Crippen molar-refractivity contribution in [1.82, 2.24) is 10.3 Å². The van der Waals surface area contributed by atoms with Gasteiger partial charge in [0.05, 0.1) is 11.6 Å². The molecule has 0 fully saturated rings. The molecule has 0 saturated heterocycles. The minimum atomic E-state index is -0.315. The first-order valence-electron chi connectivity index (χ1n) is 7.36. The van der Waals surface area contributed by atoms with Gasteiger partial charge in [-0.2, -0.15) is 0 Å². The van der Waals surface area contributed by atoms with Crippen molar-refractivity contribution in [2.45, 2.75) is 13.3 Å². The van der Waals surface area contributed by atoms with E-state index in [-0.39, 0.29) is 17.4 Å². The Bertz CT molecular complexity index is 827. The molecule has 0 bridgehead atoms. The first-order valence-corrected chi connectivity index (χ1v) is 7.36. The van der Waals surface area contributed by atoms with Crippen molar-refractivity contribution in [3.63, 3.8) is 0 Å². The topological polar surface area (TPSA) is 67.2 Å². The van der Waals surface area contributed by atoms with Crippen molar-refractivity contribution < 1.29 is 13.6 Å². The molecule has 0 atom stereocenters. The van der Waals surface area contributed by atoms with Crippen molar-refractivity contribution in [2.24, 2.45) is 0 Å². The van der Waals surface area contributed by atoms with E-state index in [4.69, 9.17) is 4.42 Å². The Morgan fingerprint density at radius 2 is 2.04 bits per heavy atom. The first-order chi connectivity index (χ1) is 11.2. The molecule has 0 unspecified atom stereocenters. The van der Waals surface area contributed by atoms with Gasteiger partial charge >= 0.3 is 0 Å². The maximum absolute atomic E-state index is 13.0. The maximum Gasteiger partial charge on any atom is 0.270 e. The molecule has 0 aliphatic rings. The lowest BCUT2D eigenvalue weighted by Gasteiger charge is -2.09. The van der Waals surface area contributed by atoms with Crippen LogP contribution in [0.1, 0.15) is 23.8 Å². The molecule has 5 nitrogen and oxygen atoms in total. The van der Waals surface area contributed by atoms with Crippen LogP contribution in [0.2, 0.25) is 0 Å². The number of aromatic nitrogens is 1. The summed E-state index contributed by atoms with van der Waals surface area (Å²) in [5.41, 5.74) is 1.50. The SMILES string of the molecule is CCCNC(=O)c1cc2occc2c(Nc2ccc(F)cc2)n1. The second kappa shape index (κ2) is 6.48. The van der Waals surface area contributed by atoms with Crippen LogP contribution in [0.25, 0.3) is 11.0 Å². The van der Waals surface area contributed by atoms with Gasteiger partial charge in [0, 0.05) is 18.3 Å². The normalized spacial score (nSPS) is 10.7. The molecule has 2 N–H and O–H groups in total. The maximum atomic E-state index is 13.0. The molecule has 118 valence electrons. The van der Waals surface area contributed by atoms with E-state index in [1.165, 1.54) is 18.4 Å². The molecular weight excluding hydrogens is 297 g/mol. The number of pyridine rings is 1. The number of carbonyl (C=O) groups is 1. The lowest BCUT2D eigenvalue weighted by Crippen LogP contribution is -2.25. The van der Waals surface area contributed by atoms with E-state index in [1.54, 1.807) is 24.3 Å². The summed E-state index contributed by atoms with van der Waals surface area (Å²) < 4.78 is 18.4. The molecule has 6 heteroatoms. The number of fused-ring (bicyclic) bond motifs is 1. The van der Waals surface area contributed by atoms with Gasteiger partial charge in [-0.15, -0.1) is 0 Å². The van der Waals surface area contributed by atoms with Gasteiger partial charge in [0.25, 0.3) is 5.91 Å². The van der Waals surface area contributed by atoms with Crippen LogP contribution in [-0.4, -0.2) is 17.4 Å². The fourth-order valence-corrected chi connectivity index (χ4v) is 2.18. The van der Waals surface area contributed by atoms with Crippen molar-refractivity contribution in [3.05, 3.63) is 54.2 Å². The standard InChI is InChI=1S/C17H16FN3O2/c1-2-8-19-17(22)14-10-15-13(7-9-23-15)16(21-14)20-12-5-3-11(18)4-6-12/h3-7,9-10H,2,8H2,1H3,(H,19,22)(H,20,21). The summed E-state index contributed by atoms with van der Waals surface area (Å²) in [4.78, 5) is 16.5.